The summed E-state index contributed by atoms with van der Waals surface area (Å²) < 4.78 is 38.1. The van der Waals surface area contributed by atoms with E-state index in [0.29, 0.717) is 39.8 Å². The summed E-state index contributed by atoms with van der Waals surface area (Å²) in [5, 5.41) is 3.06. The zero-order valence-corrected chi connectivity index (χ0v) is 18.8. The predicted molar refractivity (Wildman–Crippen MR) is 123 cm³/mol. The van der Waals surface area contributed by atoms with Gasteiger partial charge in [-0.15, -0.1) is 0 Å². The minimum atomic E-state index is -4.55. The van der Waals surface area contributed by atoms with Gasteiger partial charge in [0.25, 0.3) is 0 Å². The lowest BCUT2D eigenvalue weighted by molar-refractivity contribution is -0.141. The number of halogens is 4. The fourth-order valence-corrected chi connectivity index (χ4v) is 4.00. The van der Waals surface area contributed by atoms with E-state index in [1.54, 1.807) is 30.2 Å². The van der Waals surface area contributed by atoms with E-state index in [0.717, 1.165) is 0 Å². The lowest BCUT2D eigenvalue weighted by atomic mass is 10.1. The topological polar surface area (TPSA) is 107 Å². The highest BCUT2D eigenvalue weighted by Gasteiger charge is 2.37. The van der Waals surface area contributed by atoms with E-state index < -0.39 is 24.7 Å². The molecular weight excluding hydrogens is 475 g/mol. The van der Waals surface area contributed by atoms with Gasteiger partial charge in [-0.25, -0.2) is 15.0 Å². The number of carbonyl (C=O) groups is 2. The van der Waals surface area contributed by atoms with Crippen LogP contribution in [0, 0.1) is 0 Å². The molecule has 0 aliphatic carbocycles. The highest BCUT2D eigenvalue weighted by atomic mass is 35.5. The quantitative estimate of drug-likeness (QED) is 0.558. The molecule has 0 saturated carbocycles. The number of amides is 2. The number of hydrogen-bond acceptors (Lipinski definition) is 6. The molecule has 0 aromatic carbocycles. The zero-order valence-electron chi connectivity index (χ0n) is 18.1. The highest BCUT2D eigenvalue weighted by Crippen LogP contribution is 2.29. The number of rotatable bonds is 5. The third-order valence-corrected chi connectivity index (χ3v) is 5.68. The number of alkyl halides is 3. The van der Waals surface area contributed by atoms with Gasteiger partial charge >= 0.3 is 6.18 Å². The zero-order chi connectivity index (χ0) is 24.5. The molecule has 4 rings (SSSR count). The van der Waals surface area contributed by atoms with Crippen molar-refractivity contribution in [1.29, 1.82) is 0 Å². The van der Waals surface area contributed by atoms with Gasteiger partial charge in [-0.1, -0.05) is 18.5 Å². The van der Waals surface area contributed by atoms with Gasteiger partial charge in [0, 0.05) is 51.9 Å². The van der Waals surface area contributed by atoms with Crippen LogP contribution in [0.3, 0.4) is 0 Å². The van der Waals surface area contributed by atoms with E-state index in [1.807, 2.05) is 5.32 Å². The van der Waals surface area contributed by atoms with Crippen LogP contribution in [0.25, 0.3) is 22.4 Å². The summed E-state index contributed by atoms with van der Waals surface area (Å²) in [6.45, 7) is 0.694. The lowest BCUT2D eigenvalue weighted by Crippen LogP contribution is -2.61. The predicted octanol–water partition coefficient (Wildman–Crippen LogP) is 3.27. The molecule has 1 aliphatic rings. The molecule has 1 fully saturated rings. The molecule has 184 valence electrons. The number of piperazine rings is 1. The van der Waals surface area contributed by atoms with Crippen molar-refractivity contribution in [2.24, 2.45) is 0 Å². The first kappa shape index (κ1) is 23.7. The standard InChI is InChI=1S/C21H21ClF3N7O2.2H2/c1-2-17(33)31-5-6-32(15(10-31)20(34)29-11-21(23,24)25)16-3-4-26-19(30-16)14-9-28-18-13(14)7-12(22)8-27-18;;/h3-4,7-9,15H,2,5-6,10-11H2,1H3,(H,27,28)(H,29,34);2*1H/t15-;;/m0../s1. The molecule has 1 saturated heterocycles. The normalized spacial score (nSPS) is 16.7. The Morgan fingerprint density at radius 2 is 2.12 bits per heavy atom. The van der Waals surface area contributed by atoms with Crippen molar-refractivity contribution in [3.8, 4) is 11.4 Å². The van der Waals surface area contributed by atoms with E-state index in [4.69, 9.17) is 11.6 Å². The van der Waals surface area contributed by atoms with Crippen LogP contribution in [0.1, 0.15) is 16.2 Å². The molecule has 0 radical (unpaired) electrons. The summed E-state index contributed by atoms with van der Waals surface area (Å²) in [5.41, 5.74) is 1.22. The summed E-state index contributed by atoms with van der Waals surface area (Å²) >= 11 is 6.07. The SMILES string of the molecule is CCC(=O)N1CCN(c2ccnc(-c3c[nH]c4ncc(Cl)cc34)n2)[C@H](C(=O)NCC(F)(F)F)C1.[HH].[HH]. The van der Waals surface area contributed by atoms with Crippen LogP contribution >= 0.6 is 11.6 Å². The molecule has 0 bridgehead atoms. The summed E-state index contributed by atoms with van der Waals surface area (Å²) in [5.74, 6) is -0.339. The summed E-state index contributed by atoms with van der Waals surface area (Å²) in [4.78, 5) is 44.1. The first-order chi connectivity index (χ1) is 16.2. The van der Waals surface area contributed by atoms with Gasteiger partial charge in [0.05, 0.1) is 11.6 Å². The smallest absolute Gasteiger partial charge is 0.345 e. The van der Waals surface area contributed by atoms with Crippen LogP contribution in [0.2, 0.25) is 5.02 Å². The minimum Gasteiger partial charge on any atom is -0.345 e. The average molecular weight is 500 g/mol. The summed E-state index contributed by atoms with van der Waals surface area (Å²) in [7, 11) is 0. The first-order valence-electron chi connectivity index (χ1n) is 10.5. The van der Waals surface area contributed by atoms with Gasteiger partial charge in [0.2, 0.25) is 11.8 Å². The van der Waals surface area contributed by atoms with Crippen LogP contribution in [-0.4, -0.2) is 75.0 Å². The molecule has 4 heterocycles. The maximum atomic E-state index is 12.7. The number of aromatic nitrogens is 4. The maximum Gasteiger partial charge on any atom is 0.405 e. The van der Waals surface area contributed by atoms with E-state index >= 15 is 0 Å². The Labute approximate surface area is 200 Å². The highest BCUT2D eigenvalue weighted by molar-refractivity contribution is 6.31. The van der Waals surface area contributed by atoms with Crippen LogP contribution < -0.4 is 10.2 Å². The Balaban J connectivity index is 0.00000228. The van der Waals surface area contributed by atoms with E-state index in [2.05, 4.69) is 19.9 Å². The molecule has 1 atom stereocenters. The van der Waals surface area contributed by atoms with Gasteiger partial charge in [-0.3, -0.25) is 9.59 Å². The van der Waals surface area contributed by atoms with E-state index in [9.17, 15) is 22.8 Å². The van der Waals surface area contributed by atoms with Crippen LogP contribution in [-0.2, 0) is 9.59 Å². The molecular formula is C21H25ClF3N7O2. The number of hydrogen-bond donors (Lipinski definition) is 2. The number of anilines is 1. The Bertz CT molecular complexity index is 1230. The molecule has 0 unspecified atom stereocenters. The fraction of sp³-hybridized carbons (Fsp3) is 0.381. The second kappa shape index (κ2) is 9.45. The number of fused-ring (bicyclic) bond motifs is 1. The van der Waals surface area contributed by atoms with Gasteiger partial charge in [-0.05, 0) is 12.1 Å². The van der Waals surface area contributed by atoms with Crippen molar-refractivity contribution < 1.29 is 25.6 Å². The number of H-pyrrole nitrogens is 1. The maximum absolute atomic E-state index is 12.7. The number of pyridine rings is 1. The van der Waals surface area contributed by atoms with Crippen molar-refractivity contribution in [3.05, 3.63) is 35.7 Å². The number of nitrogens with one attached hydrogen (secondary N) is 2. The van der Waals surface area contributed by atoms with E-state index in [1.165, 1.54) is 17.3 Å². The minimum absolute atomic E-state index is 0. The fourth-order valence-electron chi connectivity index (χ4n) is 3.84. The average Bonchev–Trinajstić information content (AvgIpc) is 3.24. The Hall–Kier alpha value is -3.41. The van der Waals surface area contributed by atoms with Gasteiger partial charge in [0.15, 0.2) is 5.82 Å². The van der Waals surface area contributed by atoms with Crippen molar-refractivity contribution in [1.82, 2.24) is 30.2 Å². The van der Waals surface area contributed by atoms with Crippen LogP contribution in [0.4, 0.5) is 19.0 Å². The van der Waals surface area contributed by atoms with Crippen molar-refractivity contribution in [3.63, 3.8) is 0 Å². The molecule has 34 heavy (non-hydrogen) atoms. The first-order valence-corrected chi connectivity index (χ1v) is 10.9. The van der Waals surface area contributed by atoms with Crippen LogP contribution in [0.5, 0.6) is 0 Å². The molecule has 2 N–H and O–H groups in total. The third kappa shape index (κ3) is 5.06. The monoisotopic (exact) mass is 499 g/mol. The lowest BCUT2D eigenvalue weighted by Gasteiger charge is -2.41. The second-order valence-electron chi connectivity index (χ2n) is 7.73. The van der Waals surface area contributed by atoms with Crippen molar-refractivity contribution in [2.45, 2.75) is 25.6 Å². The number of nitrogens with zero attached hydrogens (tertiary/aromatic N) is 5. The third-order valence-electron chi connectivity index (χ3n) is 5.48. The number of aromatic amines is 1. The van der Waals surface area contributed by atoms with Gasteiger partial charge < -0.3 is 20.1 Å². The molecule has 2 amide bonds. The Morgan fingerprint density at radius 3 is 2.85 bits per heavy atom. The molecule has 0 spiro atoms. The largest absolute Gasteiger partial charge is 0.405 e. The molecule has 3 aromatic heterocycles. The Morgan fingerprint density at radius 1 is 1.32 bits per heavy atom. The van der Waals surface area contributed by atoms with Crippen molar-refractivity contribution in [2.75, 3.05) is 31.1 Å². The second-order valence-corrected chi connectivity index (χ2v) is 8.16. The van der Waals surface area contributed by atoms with Crippen LogP contribution in [0.15, 0.2) is 30.7 Å². The molecule has 3 aromatic rings. The summed E-state index contributed by atoms with van der Waals surface area (Å²) in [6.07, 6.45) is 0.358. The molecule has 1 aliphatic heterocycles. The van der Waals surface area contributed by atoms with Crippen molar-refractivity contribution >= 4 is 40.3 Å². The Kier molecular flexibility index (Phi) is 6.60. The summed E-state index contributed by atoms with van der Waals surface area (Å²) in [6, 6.07) is 2.24. The van der Waals surface area contributed by atoms with Gasteiger partial charge in [-0.2, -0.15) is 13.2 Å². The number of carbonyl (C=O) groups excluding carboxylic acids is 2. The molecule has 9 nitrogen and oxygen atoms in total. The molecule has 13 heteroatoms. The van der Waals surface area contributed by atoms with E-state index in [-0.39, 0.29) is 28.3 Å². The van der Waals surface area contributed by atoms with Gasteiger partial charge in [0.1, 0.15) is 24.1 Å².